The van der Waals surface area contributed by atoms with Crippen molar-refractivity contribution < 1.29 is 9.32 Å². The van der Waals surface area contributed by atoms with E-state index in [-0.39, 0.29) is 11.8 Å². The first-order chi connectivity index (χ1) is 7.11. The smallest absolute Gasteiger partial charge is 0.259 e. The van der Waals surface area contributed by atoms with Crippen LogP contribution in [0.3, 0.4) is 0 Å². The van der Waals surface area contributed by atoms with Gasteiger partial charge in [0.05, 0.1) is 5.69 Å². The molecule has 4 heteroatoms. The van der Waals surface area contributed by atoms with Gasteiger partial charge in [-0.2, -0.15) is 0 Å². The fraction of sp³-hybridized carbons (Fsp3) is 0.636. The highest BCUT2D eigenvalue weighted by molar-refractivity contribution is 5.96. The number of hydrogen-bond donors (Lipinski definition) is 0. The normalized spacial score (nSPS) is 15.6. The summed E-state index contributed by atoms with van der Waals surface area (Å²) in [6.45, 7) is 7.56. The maximum atomic E-state index is 12.1. The van der Waals surface area contributed by atoms with E-state index in [0.717, 1.165) is 19.5 Å². The Bertz CT molecular complexity index is 378. The molecule has 0 N–H and O–H groups in total. The van der Waals surface area contributed by atoms with Crippen molar-refractivity contribution in [3.8, 4) is 0 Å². The average Bonchev–Trinajstić information content (AvgIpc) is 2.43. The molecule has 1 amide bonds. The van der Waals surface area contributed by atoms with Crippen LogP contribution in [-0.4, -0.2) is 29.1 Å². The highest BCUT2D eigenvalue weighted by Gasteiger charge is 2.29. The first-order valence-corrected chi connectivity index (χ1v) is 5.36. The van der Waals surface area contributed by atoms with Gasteiger partial charge in [0.25, 0.3) is 5.91 Å². The number of aromatic nitrogens is 1. The summed E-state index contributed by atoms with van der Waals surface area (Å²) in [6.07, 6.45) is 1.10. The summed E-state index contributed by atoms with van der Waals surface area (Å²) < 4.78 is 5.20. The van der Waals surface area contributed by atoms with Crippen molar-refractivity contribution in [2.24, 2.45) is 0 Å². The van der Waals surface area contributed by atoms with Crippen LogP contribution in [-0.2, 0) is 0 Å². The summed E-state index contributed by atoms with van der Waals surface area (Å²) in [5.74, 6) is 0.986. The van der Waals surface area contributed by atoms with Crippen LogP contribution in [0.2, 0.25) is 0 Å². The van der Waals surface area contributed by atoms with E-state index in [0.29, 0.717) is 17.0 Å². The first kappa shape index (κ1) is 10.2. The second-order valence-electron chi connectivity index (χ2n) is 4.31. The van der Waals surface area contributed by atoms with Crippen LogP contribution in [0.4, 0.5) is 0 Å². The van der Waals surface area contributed by atoms with Gasteiger partial charge in [-0.3, -0.25) is 4.79 Å². The third-order valence-corrected chi connectivity index (χ3v) is 2.77. The maximum absolute atomic E-state index is 12.1. The molecule has 0 saturated carbocycles. The highest BCUT2D eigenvalue weighted by atomic mass is 16.5. The van der Waals surface area contributed by atoms with Gasteiger partial charge < -0.3 is 9.42 Å². The molecule has 1 aliphatic heterocycles. The van der Waals surface area contributed by atoms with Crippen LogP contribution in [0, 0.1) is 6.92 Å². The second-order valence-corrected chi connectivity index (χ2v) is 4.31. The third kappa shape index (κ3) is 1.64. The lowest BCUT2D eigenvalue weighted by molar-refractivity contribution is 0.0648. The minimum absolute atomic E-state index is 0.0729. The number of hydrogen-bond acceptors (Lipinski definition) is 3. The van der Waals surface area contributed by atoms with Crippen LogP contribution < -0.4 is 0 Å². The van der Waals surface area contributed by atoms with Crippen LogP contribution in [0.15, 0.2) is 4.52 Å². The molecule has 0 bridgehead atoms. The topological polar surface area (TPSA) is 46.3 Å². The lowest BCUT2D eigenvalue weighted by Gasteiger charge is -2.30. The van der Waals surface area contributed by atoms with E-state index in [1.807, 2.05) is 25.7 Å². The molecule has 1 aliphatic rings. The van der Waals surface area contributed by atoms with E-state index in [1.165, 1.54) is 0 Å². The molecule has 0 atom stereocenters. The van der Waals surface area contributed by atoms with Crippen LogP contribution in [0.1, 0.15) is 48.0 Å². The molecule has 15 heavy (non-hydrogen) atoms. The fourth-order valence-corrected chi connectivity index (χ4v) is 1.72. The monoisotopic (exact) mass is 208 g/mol. The average molecular weight is 208 g/mol. The summed E-state index contributed by atoms with van der Waals surface area (Å²) in [5, 5.41) is 3.88. The molecular weight excluding hydrogens is 192 g/mol. The zero-order chi connectivity index (χ0) is 11.0. The minimum atomic E-state index is 0.0729. The largest absolute Gasteiger partial charge is 0.360 e. The van der Waals surface area contributed by atoms with E-state index in [1.54, 1.807) is 0 Å². The van der Waals surface area contributed by atoms with Gasteiger partial charge in [0.1, 0.15) is 5.56 Å². The summed E-state index contributed by atoms with van der Waals surface area (Å²) in [4.78, 5) is 13.9. The van der Waals surface area contributed by atoms with Crippen molar-refractivity contribution in [2.45, 2.75) is 33.1 Å². The van der Waals surface area contributed by atoms with E-state index in [9.17, 15) is 4.79 Å². The Morgan fingerprint density at radius 2 is 2.13 bits per heavy atom. The maximum Gasteiger partial charge on any atom is 0.259 e. The third-order valence-electron chi connectivity index (χ3n) is 2.77. The Hall–Kier alpha value is -1.32. The molecule has 1 aromatic rings. The van der Waals surface area contributed by atoms with Gasteiger partial charge in [0.15, 0.2) is 5.76 Å². The van der Waals surface area contributed by atoms with Crippen LogP contribution in [0.25, 0.3) is 0 Å². The summed E-state index contributed by atoms with van der Waals surface area (Å²) in [5.41, 5.74) is 1.38. The molecule has 1 fully saturated rings. The molecule has 4 nitrogen and oxygen atoms in total. The molecule has 0 spiro atoms. The zero-order valence-electron chi connectivity index (χ0n) is 9.41. The summed E-state index contributed by atoms with van der Waals surface area (Å²) in [7, 11) is 0. The van der Waals surface area contributed by atoms with Crippen molar-refractivity contribution in [2.75, 3.05) is 13.1 Å². The molecular formula is C11H16N2O2. The standard InChI is InChI=1S/C11H16N2O2/c1-7(2)10-9(8(3)12-15-10)11(14)13-5-4-6-13/h7H,4-6H2,1-3H3. The van der Waals surface area contributed by atoms with Gasteiger partial charge in [-0.25, -0.2) is 0 Å². The van der Waals surface area contributed by atoms with Gasteiger partial charge in [-0.05, 0) is 13.3 Å². The first-order valence-electron chi connectivity index (χ1n) is 5.36. The lowest BCUT2D eigenvalue weighted by atomic mass is 10.0. The summed E-state index contributed by atoms with van der Waals surface area (Å²) in [6, 6.07) is 0. The number of likely N-dealkylation sites (tertiary alicyclic amines) is 1. The minimum Gasteiger partial charge on any atom is -0.360 e. The lowest BCUT2D eigenvalue weighted by Crippen LogP contribution is -2.42. The highest BCUT2D eigenvalue weighted by Crippen LogP contribution is 2.25. The number of amides is 1. The molecule has 82 valence electrons. The van der Waals surface area contributed by atoms with Crippen molar-refractivity contribution in [3.63, 3.8) is 0 Å². The zero-order valence-corrected chi connectivity index (χ0v) is 9.41. The molecule has 0 radical (unpaired) electrons. The molecule has 1 aromatic heterocycles. The number of rotatable bonds is 2. The molecule has 1 saturated heterocycles. The van der Waals surface area contributed by atoms with E-state index >= 15 is 0 Å². The Labute approximate surface area is 89.2 Å². The van der Waals surface area contributed by atoms with Gasteiger partial charge in [-0.1, -0.05) is 19.0 Å². The van der Waals surface area contributed by atoms with E-state index in [4.69, 9.17) is 4.52 Å². The number of nitrogens with zero attached hydrogens (tertiary/aromatic N) is 2. The Kier molecular flexibility index (Phi) is 2.50. The van der Waals surface area contributed by atoms with Crippen molar-refractivity contribution in [3.05, 3.63) is 17.0 Å². The Balaban J connectivity index is 2.32. The predicted octanol–water partition coefficient (Wildman–Crippen LogP) is 1.95. The molecule has 2 rings (SSSR count). The van der Waals surface area contributed by atoms with Gasteiger partial charge in [-0.15, -0.1) is 0 Å². The van der Waals surface area contributed by atoms with Gasteiger partial charge >= 0.3 is 0 Å². The fourth-order valence-electron chi connectivity index (χ4n) is 1.72. The van der Waals surface area contributed by atoms with Crippen LogP contribution in [0.5, 0.6) is 0 Å². The van der Waals surface area contributed by atoms with Crippen LogP contribution >= 0.6 is 0 Å². The predicted molar refractivity (Wildman–Crippen MR) is 55.8 cm³/mol. The second kappa shape index (κ2) is 3.68. The quantitative estimate of drug-likeness (QED) is 0.746. The van der Waals surface area contributed by atoms with Crippen molar-refractivity contribution in [1.29, 1.82) is 0 Å². The van der Waals surface area contributed by atoms with E-state index in [2.05, 4.69) is 5.16 Å². The Morgan fingerprint density at radius 3 is 2.60 bits per heavy atom. The number of carbonyl (C=O) groups is 1. The molecule has 0 unspecified atom stereocenters. The molecule has 2 heterocycles. The van der Waals surface area contributed by atoms with Gasteiger partial charge in [0, 0.05) is 19.0 Å². The van der Waals surface area contributed by atoms with Gasteiger partial charge in [0.2, 0.25) is 0 Å². The SMILES string of the molecule is Cc1noc(C(C)C)c1C(=O)N1CCC1. The van der Waals surface area contributed by atoms with Crippen molar-refractivity contribution in [1.82, 2.24) is 10.1 Å². The van der Waals surface area contributed by atoms with Crippen molar-refractivity contribution >= 4 is 5.91 Å². The van der Waals surface area contributed by atoms with E-state index < -0.39 is 0 Å². The number of aryl methyl sites for hydroxylation is 1. The molecule has 0 aromatic carbocycles. The Morgan fingerprint density at radius 1 is 1.47 bits per heavy atom. The molecule has 0 aliphatic carbocycles. The summed E-state index contributed by atoms with van der Waals surface area (Å²) >= 11 is 0. The number of carbonyl (C=O) groups excluding carboxylic acids is 1.